The highest BCUT2D eigenvalue weighted by Gasteiger charge is 2.31. The number of hydrogen-bond donors (Lipinski definition) is 0. The third-order valence-electron chi connectivity index (χ3n) is 4.71. The van der Waals surface area contributed by atoms with Gasteiger partial charge in [0.05, 0.1) is 4.90 Å². The fourth-order valence-electron chi connectivity index (χ4n) is 3.15. The Hall–Kier alpha value is -1.31. The minimum atomic E-state index is -3.52. The van der Waals surface area contributed by atoms with E-state index >= 15 is 0 Å². The zero-order chi connectivity index (χ0) is 16.4. The van der Waals surface area contributed by atoms with Crippen molar-refractivity contribution in [1.29, 1.82) is 0 Å². The highest BCUT2D eigenvalue weighted by Crippen LogP contribution is 2.33. The zero-order valence-corrected chi connectivity index (χ0v) is 14.5. The van der Waals surface area contributed by atoms with Gasteiger partial charge in [0.2, 0.25) is 10.0 Å². The predicted molar refractivity (Wildman–Crippen MR) is 87.5 cm³/mol. The molecular weight excluding hydrogens is 316 g/mol. The molecule has 2 aliphatic rings. The quantitative estimate of drug-likeness (QED) is 0.832. The summed E-state index contributed by atoms with van der Waals surface area (Å²) in [5.41, 5.74) is 0. The maximum Gasteiger partial charge on any atom is 0.243 e. The van der Waals surface area contributed by atoms with Gasteiger partial charge in [-0.2, -0.15) is 4.31 Å². The Kier molecular flexibility index (Phi) is 4.79. The van der Waals surface area contributed by atoms with E-state index in [9.17, 15) is 8.42 Å². The van der Waals surface area contributed by atoms with Crippen molar-refractivity contribution in [2.45, 2.75) is 30.7 Å². The predicted octanol–water partition coefficient (Wildman–Crippen LogP) is 1.56. The smallest absolute Gasteiger partial charge is 0.243 e. The van der Waals surface area contributed by atoms with Crippen molar-refractivity contribution < 1.29 is 17.9 Å². The molecule has 0 atom stereocenters. The van der Waals surface area contributed by atoms with E-state index in [0.717, 1.165) is 32.5 Å². The second kappa shape index (κ2) is 6.67. The highest BCUT2D eigenvalue weighted by molar-refractivity contribution is 7.89. The number of hydrogen-bond acceptors (Lipinski definition) is 5. The lowest BCUT2D eigenvalue weighted by atomic mass is 10.1. The normalized spacial score (nSPS) is 20.0. The fraction of sp³-hybridized carbons (Fsp3) is 0.625. The molecule has 6 nitrogen and oxygen atoms in total. The Balaban J connectivity index is 1.78. The van der Waals surface area contributed by atoms with Gasteiger partial charge in [-0.15, -0.1) is 0 Å². The fourth-order valence-corrected chi connectivity index (χ4v) is 4.58. The first-order valence-electron chi connectivity index (χ1n) is 8.12. The number of fused-ring (bicyclic) bond motifs is 1. The van der Waals surface area contributed by atoms with Crippen molar-refractivity contribution in [3.8, 4) is 11.5 Å². The summed E-state index contributed by atoms with van der Waals surface area (Å²) in [6, 6.07) is 4.90. The van der Waals surface area contributed by atoms with E-state index < -0.39 is 10.0 Å². The molecule has 0 amide bonds. The Morgan fingerprint density at radius 1 is 1.17 bits per heavy atom. The molecule has 0 bridgehead atoms. The molecule has 0 aliphatic carbocycles. The van der Waals surface area contributed by atoms with Gasteiger partial charge >= 0.3 is 0 Å². The maximum atomic E-state index is 12.9. The summed E-state index contributed by atoms with van der Waals surface area (Å²) in [7, 11) is -1.84. The van der Waals surface area contributed by atoms with Crippen molar-refractivity contribution in [3.05, 3.63) is 18.2 Å². The molecule has 0 spiro atoms. The van der Waals surface area contributed by atoms with Crippen LogP contribution in [-0.4, -0.2) is 63.6 Å². The topological polar surface area (TPSA) is 59.1 Å². The van der Waals surface area contributed by atoms with E-state index in [1.807, 2.05) is 0 Å². The van der Waals surface area contributed by atoms with Gasteiger partial charge in [0.1, 0.15) is 13.2 Å². The first-order valence-corrected chi connectivity index (χ1v) is 9.56. The molecule has 2 heterocycles. The molecule has 2 aliphatic heterocycles. The number of likely N-dealkylation sites (tertiary alicyclic amines) is 1. The molecule has 23 heavy (non-hydrogen) atoms. The molecule has 128 valence electrons. The van der Waals surface area contributed by atoms with Gasteiger partial charge in [0, 0.05) is 19.2 Å². The molecular formula is C16H24N2O4S. The maximum absolute atomic E-state index is 12.9. The van der Waals surface area contributed by atoms with Gasteiger partial charge in [-0.1, -0.05) is 6.92 Å². The molecule has 0 N–H and O–H groups in total. The lowest BCUT2D eigenvalue weighted by Crippen LogP contribution is -2.45. The van der Waals surface area contributed by atoms with Gasteiger partial charge in [-0.25, -0.2) is 8.42 Å². The number of nitrogens with zero attached hydrogens (tertiary/aromatic N) is 2. The third kappa shape index (κ3) is 3.32. The van der Waals surface area contributed by atoms with E-state index in [2.05, 4.69) is 11.8 Å². The number of benzene rings is 1. The second-order valence-electron chi connectivity index (χ2n) is 5.99. The molecule has 1 aromatic carbocycles. The number of sulfonamides is 1. The van der Waals surface area contributed by atoms with Crippen LogP contribution < -0.4 is 9.47 Å². The summed E-state index contributed by atoms with van der Waals surface area (Å²) in [5, 5.41) is 0. The van der Waals surface area contributed by atoms with Gasteiger partial charge in [0.25, 0.3) is 0 Å². The molecule has 0 unspecified atom stereocenters. The molecule has 1 aromatic rings. The summed E-state index contributed by atoms with van der Waals surface area (Å²) in [6.07, 6.45) is 1.74. The van der Waals surface area contributed by atoms with Crippen molar-refractivity contribution in [2.75, 3.05) is 39.9 Å². The molecule has 1 saturated heterocycles. The lowest BCUT2D eigenvalue weighted by Gasteiger charge is -2.35. The van der Waals surface area contributed by atoms with Crippen LogP contribution in [0.15, 0.2) is 23.1 Å². The number of ether oxygens (including phenoxy) is 2. The average Bonchev–Trinajstić information content (AvgIpc) is 2.60. The van der Waals surface area contributed by atoms with Crippen molar-refractivity contribution in [1.82, 2.24) is 9.21 Å². The molecule has 0 saturated carbocycles. The first-order chi connectivity index (χ1) is 11.0. The van der Waals surface area contributed by atoms with Gasteiger partial charge in [-0.05, 0) is 44.6 Å². The summed E-state index contributed by atoms with van der Waals surface area (Å²) < 4.78 is 38.2. The summed E-state index contributed by atoms with van der Waals surface area (Å²) in [4.78, 5) is 2.61. The average molecular weight is 340 g/mol. The van der Waals surface area contributed by atoms with Crippen LogP contribution in [0.5, 0.6) is 11.5 Å². The second-order valence-corrected chi connectivity index (χ2v) is 7.99. The zero-order valence-electron chi connectivity index (χ0n) is 13.7. The number of rotatable bonds is 4. The van der Waals surface area contributed by atoms with Gasteiger partial charge in [0.15, 0.2) is 11.5 Å². The van der Waals surface area contributed by atoms with Gasteiger partial charge < -0.3 is 14.4 Å². The highest BCUT2D eigenvalue weighted by atomic mass is 32.2. The van der Waals surface area contributed by atoms with Crippen molar-refractivity contribution in [2.24, 2.45) is 0 Å². The Labute approximate surface area is 138 Å². The summed E-state index contributed by atoms with van der Waals surface area (Å²) >= 11 is 0. The Morgan fingerprint density at radius 2 is 1.83 bits per heavy atom. The minimum absolute atomic E-state index is 0.0519. The van der Waals surface area contributed by atoms with Crippen LogP contribution in [0.2, 0.25) is 0 Å². The molecule has 7 heteroatoms. The van der Waals surface area contributed by atoms with E-state index in [0.29, 0.717) is 24.7 Å². The van der Waals surface area contributed by atoms with E-state index in [4.69, 9.17) is 9.47 Å². The molecule has 3 rings (SSSR count). The standard InChI is InChI=1S/C16H24N2O4S/c1-3-18-8-6-13(7-9-18)17(2)23(19,20)14-4-5-15-16(12-14)22-11-10-21-15/h4-5,12-13H,3,6-11H2,1-2H3. The number of piperidine rings is 1. The van der Waals surface area contributed by atoms with Crippen LogP contribution in [0.4, 0.5) is 0 Å². The van der Waals surface area contributed by atoms with E-state index in [1.165, 1.54) is 4.31 Å². The lowest BCUT2D eigenvalue weighted by molar-refractivity contribution is 0.170. The Morgan fingerprint density at radius 3 is 2.48 bits per heavy atom. The Bertz CT molecular complexity index is 654. The molecule has 1 fully saturated rings. The SMILES string of the molecule is CCN1CCC(N(C)S(=O)(=O)c2ccc3c(c2)OCCO3)CC1. The van der Waals surface area contributed by atoms with Crippen molar-refractivity contribution >= 4 is 10.0 Å². The van der Waals surface area contributed by atoms with Crippen LogP contribution in [0.25, 0.3) is 0 Å². The monoisotopic (exact) mass is 340 g/mol. The largest absolute Gasteiger partial charge is 0.486 e. The minimum Gasteiger partial charge on any atom is -0.486 e. The van der Waals surface area contributed by atoms with Crippen LogP contribution in [0, 0.1) is 0 Å². The van der Waals surface area contributed by atoms with E-state index in [1.54, 1.807) is 25.2 Å². The van der Waals surface area contributed by atoms with Crippen molar-refractivity contribution in [3.63, 3.8) is 0 Å². The summed E-state index contributed by atoms with van der Waals surface area (Å²) in [6.45, 7) is 5.99. The van der Waals surface area contributed by atoms with Crippen LogP contribution in [0.1, 0.15) is 19.8 Å². The molecule has 0 radical (unpaired) electrons. The van der Waals surface area contributed by atoms with Crippen LogP contribution >= 0.6 is 0 Å². The third-order valence-corrected chi connectivity index (χ3v) is 6.62. The molecule has 0 aromatic heterocycles. The van der Waals surface area contributed by atoms with Gasteiger partial charge in [-0.3, -0.25) is 0 Å². The van der Waals surface area contributed by atoms with Crippen LogP contribution in [0.3, 0.4) is 0 Å². The first kappa shape index (κ1) is 16.5. The van der Waals surface area contributed by atoms with Crippen LogP contribution in [-0.2, 0) is 10.0 Å². The van der Waals surface area contributed by atoms with E-state index in [-0.39, 0.29) is 10.9 Å². The summed E-state index contributed by atoms with van der Waals surface area (Å²) in [5.74, 6) is 1.11.